The third-order valence-electron chi connectivity index (χ3n) is 3.14. The van der Waals surface area contributed by atoms with Crippen molar-refractivity contribution in [2.24, 2.45) is 11.8 Å². The molecule has 0 amide bonds. The molecule has 1 aliphatic heterocycles. The van der Waals surface area contributed by atoms with Crippen molar-refractivity contribution in [3.63, 3.8) is 0 Å². The summed E-state index contributed by atoms with van der Waals surface area (Å²) >= 11 is 0. The number of allylic oxidation sites excluding steroid dienone is 1. The molecule has 2 atom stereocenters. The Morgan fingerprint density at radius 1 is 1.11 bits per heavy atom. The minimum atomic E-state index is -0.379. The van der Waals surface area contributed by atoms with Gasteiger partial charge in [0.05, 0.1) is 11.8 Å². The molecule has 0 aromatic heterocycles. The van der Waals surface area contributed by atoms with E-state index in [1.807, 2.05) is 24.3 Å². The predicted octanol–water partition coefficient (Wildman–Crippen LogP) is 2.65. The quantitative estimate of drug-likeness (QED) is 0.400. The molecule has 18 heavy (non-hydrogen) atoms. The number of hydrogen-bond acceptors (Lipinski definition) is 3. The Morgan fingerprint density at radius 3 is 2.39 bits per heavy atom. The molecular weight excluding hydrogens is 228 g/mol. The summed E-state index contributed by atoms with van der Waals surface area (Å²) in [5.41, 5.74) is 1.32. The van der Waals surface area contributed by atoms with Crippen molar-refractivity contribution in [2.75, 3.05) is 0 Å². The van der Waals surface area contributed by atoms with Crippen molar-refractivity contribution < 1.29 is 14.3 Å². The first-order valence-corrected chi connectivity index (χ1v) is 6.12. The van der Waals surface area contributed by atoms with Gasteiger partial charge < -0.3 is 4.74 Å². The summed E-state index contributed by atoms with van der Waals surface area (Å²) in [6, 6.07) is 10.3. The molecule has 1 saturated heterocycles. The summed E-state index contributed by atoms with van der Waals surface area (Å²) in [6.45, 7) is 2.08. The number of ether oxygens (including phenoxy) is 1. The highest BCUT2D eigenvalue weighted by Crippen LogP contribution is 2.32. The number of fused-ring (bicyclic) bond motifs is 1. The minimum absolute atomic E-state index is 0.188. The van der Waals surface area contributed by atoms with Gasteiger partial charge >= 0.3 is 11.9 Å². The van der Waals surface area contributed by atoms with Crippen LogP contribution in [0, 0.1) is 18.8 Å². The lowest BCUT2D eigenvalue weighted by molar-refractivity contribution is -0.153. The lowest BCUT2D eigenvalue weighted by Gasteiger charge is -2.12. The van der Waals surface area contributed by atoms with Crippen LogP contribution in [0.15, 0.2) is 42.5 Å². The molecule has 3 nitrogen and oxygen atoms in total. The van der Waals surface area contributed by atoms with E-state index < -0.39 is 0 Å². The number of hydrogen-bond donors (Lipinski definition) is 0. The van der Waals surface area contributed by atoms with Crippen molar-refractivity contribution in [3.8, 4) is 0 Å². The van der Waals surface area contributed by atoms with Crippen LogP contribution >= 0.6 is 0 Å². The summed E-state index contributed by atoms with van der Waals surface area (Å²) in [4.78, 5) is 21.9. The van der Waals surface area contributed by atoms with Crippen LogP contribution in [0.2, 0.25) is 0 Å². The average molecular weight is 244 g/mol. The fourth-order valence-corrected chi connectivity index (χ4v) is 2.12. The SMILES string of the molecule is Cc1ccccc1.O=C1OC(=O)C2CCC=CC12. The number of rotatable bonds is 0. The van der Waals surface area contributed by atoms with Crippen LogP contribution in [0.1, 0.15) is 18.4 Å². The lowest BCUT2D eigenvalue weighted by atomic mass is 9.86. The highest BCUT2D eigenvalue weighted by molar-refractivity contribution is 5.97. The Balaban J connectivity index is 0.000000149. The van der Waals surface area contributed by atoms with E-state index in [1.165, 1.54) is 5.56 Å². The van der Waals surface area contributed by atoms with Crippen molar-refractivity contribution in [2.45, 2.75) is 19.8 Å². The normalized spacial score (nSPS) is 24.9. The Hall–Kier alpha value is -1.90. The highest BCUT2D eigenvalue weighted by atomic mass is 16.6. The molecule has 0 spiro atoms. The standard InChI is InChI=1S/C8H8O3.C7H8/c9-7-5-3-1-2-4-6(5)8(10)11-7;1-7-5-3-2-4-6-7/h1,3,5-6H,2,4H2;2-6H,1H3. The predicted molar refractivity (Wildman–Crippen MR) is 67.6 cm³/mol. The van der Waals surface area contributed by atoms with E-state index in [0.29, 0.717) is 0 Å². The molecule has 0 bridgehead atoms. The number of benzene rings is 1. The molecule has 0 saturated carbocycles. The van der Waals surface area contributed by atoms with Crippen LogP contribution in [0.5, 0.6) is 0 Å². The average Bonchev–Trinajstić information content (AvgIpc) is 2.68. The molecule has 1 fully saturated rings. The number of carbonyl (C=O) groups is 2. The summed E-state index contributed by atoms with van der Waals surface area (Å²) in [5.74, 6) is -1.19. The molecule has 0 N–H and O–H groups in total. The first kappa shape index (κ1) is 12.6. The second-order valence-electron chi connectivity index (χ2n) is 4.53. The summed E-state index contributed by atoms with van der Waals surface area (Å²) in [7, 11) is 0. The maximum atomic E-state index is 10.9. The molecule has 1 aliphatic carbocycles. The second-order valence-corrected chi connectivity index (χ2v) is 4.53. The molecule has 94 valence electrons. The van der Waals surface area contributed by atoms with Crippen LogP contribution in [-0.4, -0.2) is 11.9 Å². The van der Waals surface area contributed by atoms with Gasteiger partial charge in [0.1, 0.15) is 0 Å². The van der Waals surface area contributed by atoms with Gasteiger partial charge in [0.25, 0.3) is 0 Å². The van der Waals surface area contributed by atoms with Crippen LogP contribution in [0.3, 0.4) is 0 Å². The Bertz CT molecular complexity index is 462. The molecule has 2 aliphatic rings. The third kappa shape index (κ3) is 2.86. The second kappa shape index (κ2) is 5.63. The van der Waals surface area contributed by atoms with E-state index in [1.54, 1.807) is 6.08 Å². The Morgan fingerprint density at radius 2 is 1.83 bits per heavy atom. The minimum Gasteiger partial charge on any atom is -0.392 e. The summed E-state index contributed by atoms with van der Waals surface area (Å²) in [5, 5.41) is 0. The van der Waals surface area contributed by atoms with Gasteiger partial charge in [0, 0.05) is 0 Å². The molecule has 3 rings (SSSR count). The van der Waals surface area contributed by atoms with E-state index in [-0.39, 0.29) is 23.8 Å². The molecule has 3 heteroatoms. The van der Waals surface area contributed by atoms with Gasteiger partial charge in [-0.25, -0.2) is 0 Å². The summed E-state index contributed by atoms with van der Waals surface area (Å²) < 4.78 is 4.48. The van der Waals surface area contributed by atoms with Crippen molar-refractivity contribution in [1.29, 1.82) is 0 Å². The molecule has 2 unspecified atom stereocenters. The van der Waals surface area contributed by atoms with Gasteiger partial charge in [0.2, 0.25) is 0 Å². The Kier molecular flexibility index (Phi) is 3.92. The Labute approximate surface area is 106 Å². The number of aryl methyl sites for hydroxylation is 1. The van der Waals surface area contributed by atoms with Crippen molar-refractivity contribution >= 4 is 11.9 Å². The molecule has 1 heterocycles. The van der Waals surface area contributed by atoms with Crippen LogP contribution in [0.4, 0.5) is 0 Å². The first-order chi connectivity index (χ1) is 8.68. The largest absolute Gasteiger partial charge is 0.392 e. The number of carbonyl (C=O) groups excluding carboxylic acids is 2. The van der Waals surface area contributed by atoms with E-state index in [9.17, 15) is 9.59 Å². The van der Waals surface area contributed by atoms with Crippen LogP contribution in [0.25, 0.3) is 0 Å². The van der Waals surface area contributed by atoms with Crippen molar-refractivity contribution in [3.05, 3.63) is 48.0 Å². The van der Waals surface area contributed by atoms with Gasteiger partial charge in [-0.05, 0) is 19.8 Å². The topological polar surface area (TPSA) is 43.4 Å². The lowest BCUT2D eigenvalue weighted by Crippen LogP contribution is -2.17. The maximum Gasteiger partial charge on any atom is 0.321 e. The van der Waals surface area contributed by atoms with Gasteiger partial charge in [0.15, 0.2) is 0 Å². The van der Waals surface area contributed by atoms with Crippen molar-refractivity contribution in [1.82, 2.24) is 0 Å². The van der Waals surface area contributed by atoms with Gasteiger partial charge in [-0.1, -0.05) is 48.0 Å². The molecule has 1 aromatic rings. The van der Waals surface area contributed by atoms with Gasteiger partial charge in [-0.15, -0.1) is 0 Å². The van der Waals surface area contributed by atoms with E-state index in [2.05, 4.69) is 23.8 Å². The molecular formula is C15H16O3. The maximum absolute atomic E-state index is 10.9. The zero-order chi connectivity index (χ0) is 13.0. The van der Waals surface area contributed by atoms with Gasteiger partial charge in [-0.2, -0.15) is 0 Å². The third-order valence-corrected chi connectivity index (χ3v) is 3.14. The van der Waals surface area contributed by atoms with E-state index in [0.717, 1.165) is 12.8 Å². The number of cyclic esters (lactones) is 2. The first-order valence-electron chi connectivity index (χ1n) is 6.12. The zero-order valence-electron chi connectivity index (χ0n) is 10.3. The number of esters is 2. The fraction of sp³-hybridized carbons (Fsp3) is 0.333. The monoisotopic (exact) mass is 244 g/mol. The van der Waals surface area contributed by atoms with Crippen LogP contribution < -0.4 is 0 Å². The zero-order valence-corrected chi connectivity index (χ0v) is 10.3. The fourth-order valence-electron chi connectivity index (χ4n) is 2.12. The van der Waals surface area contributed by atoms with E-state index >= 15 is 0 Å². The summed E-state index contributed by atoms with van der Waals surface area (Å²) in [6.07, 6.45) is 5.34. The smallest absolute Gasteiger partial charge is 0.321 e. The van der Waals surface area contributed by atoms with Crippen LogP contribution in [-0.2, 0) is 14.3 Å². The van der Waals surface area contributed by atoms with E-state index in [4.69, 9.17) is 0 Å². The highest BCUT2D eigenvalue weighted by Gasteiger charge is 2.43. The molecule has 1 aromatic carbocycles. The van der Waals surface area contributed by atoms with Gasteiger partial charge in [-0.3, -0.25) is 9.59 Å². The molecule has 0 radical (unpaired) electrons.